The number of hydrogen-bond acceptors (Lipinski definition) is 4. The molecule has 0 bridgehead atoms. The van der Waals surface area contributed by atoms with E-state index in [2.05, 4.69) is 5.32 Å². The highest BCUT2D eigenvalue weighted by Gasteiger charge is 2.48. The van der Waals surface area contributed by atoms with Gasteiger partial charge < -0.3 is 10.4 Å². The van der Waals surface area contributed by atoms with Gasteiger partial charge in [-0.1, -0.05) is 11.6 Å². The Labute approximate surface area is 112 Å². The Morgan fingerprint density at radius 2 is 2.11 bits per heavy atom. The fraction of sp³-hybridized carbons (Fsp3) is 0.273. The van der Waals surface area contributed by atoms with Crippen molar-refractivity contribution in [3.63, 3.8) is 0 Å². The summed E-state index contributed by atoms with van der Waals surface area (Å²) in [5, 5.41) is 22.1. The largest absolute Gasteiger partial charge is 0.481 e. The predicted molar refractivity (Wildman–Crippen MR) is 66.0 cm³/mol. The van der Waals surface area contributed by atoms with E-state index in [1.807, 2.05) is 0 Å². The molecule has 1 amide bonds. The van der Waals surface area contributed by atoms with Crippen molar-refractivity contribution < 1.29 is 19.6 Å². The van der Waals surface area contributed by atoms with Gasteiger partial charge in [-0.15, -0.1) is 0 Å². The Balaban J connectivity index is 2.14. The van der Waals surface area contributed by atoms with Crippen molar-refractivity contribution >= 4 is 34.9 Å². The molecular formula is C11H9ClN2O5. The second kappa shape index (κ2) is 4.85. The fourth-order valence-electron chi connectivity index (χ4n) is 1.74. The molecule has 1 aromatic carbocycles. The Kier molecular flexibility index (Phi) is 3.39. The van der Waals surface area contributed by atoms with Crippen LogP contribution in [0.2, 0.25) is 5.02 Å². The smallest absolute Gasteiger partial charge is 0.307 e. The number of carboxylic acid groups (broad SMARTS) is 1. The zero-order valence-electron chi connectivity index (χ0n) is 9.50. The third-order valence-corrected chi connectivity index (χ3v) is 3.09. The van der Waals surface area contributed by atoms with Crippen LogP contribution < -0.4 is 5.32 Å². The summed E-state index contributed by atoms with van der Waals surface area (Å²) in [4.78, 5) is 32.5. The monoisotopic (exact) mass is 284 g/mol. The molecule has 1 saturated carbocycles. The second-order valence-corrected chi connectivity index (χ2v) is 4.63. The van der Waals surface area contributed by atoms with E-state index in [-0.39, 0.29) is 22.8 Å². The van der Waals surface area contributed by atoms with Crippen LogP contribution in [0.3, 0.4) is 0 Å². The van der Waals surface area contributed by atoms with E-state index >= 15 is 0 Å². The van der Waals surface area contributed by atoms with Crippen LogP contribution in [0.15, 0.2) is 18.2 Å². The molecule has 0 unspecified atom stereocenters. The topological polar surface area (TPSA) is 110 Å². The van der Waals surface area contributed by atoms with Crippen LogP contribution in [0.5, 0.6) is 0 Å². The maximum atomic E-state index is 11.7. The number of carboxylic acids is 1. The molecule has 1 aliphatic rings. The minimum Gasteiger partial charge on any atom is -0.481 e. The predicted octanol–water partition coefficient (Wildman–Crippen LogP) is 1.91. The number of benzene rings is 1. The number of anilines is 1. The number of nitrogens with zero attached hydrogens (tertiary/aromatic N) is 1. The van der Waals surface area contributed by atoms with Crippen molar-refractivity contribution in [1.82, 2.24) is 0 Å². The van der Waals surface area contributed by atoms with Gasteiger partial charge >= 0.3 is 5.97 Å². The van der Waals surface area contributed by atoms with Gasteiger partial charge in [-0.2, -0.15) is 0 Å². The minimum atomic E-state index is -1.04. The standard InChI is InChI=1S/C11H9ClN2O5/c12-5-1-2-8(9(3-5)14(18)19)13-10(15)6-4-7(6)11(16)17/h1-3,6-7H,4H2,(H,13,15)(H,16,17)/t6-,7+/m1/s1. The molecule has 1 aliphatic carbocycles. The maximum absolute atomic E-state index is 11.7. The van der Waals surface area contributed by atoms with E-state index in [1.165, 1.54) is 12.1 Å². The highest BCUT2D eigenvalue weighted by molar-refractivity contribution is 6.31. The quantitative estimate of drug-likeness (QED) is 0.648. The second-order valence-electron chi connectivity index (χ2n) is 4.19. The van der Waals surface area contributed by atoms with E-state index in [0.717, 1.165) is 6.07 Å². The van der Waals surface area contributed by atoms with Gasteiger partial charge in [-0.05, 0) is 18.6 Å². The van der Waals surface area contributed by atoms with Gasteiger partial charge in [0.05, 0.1) is 16.8 Å². The van der Waals surface area contributed by atoms with Crippen molar-refractivity contribution in [2.45, 2.75) is 6.42 Å². The third-order valence-electron chi connectivity index (χ3n) is 2.86. The molecule has 7 nitrogen and oxygen atoms in total. The molecule has 2 N–H and O–H groups in total. The summed E-state index contributed by atoms with van der Waals surface area (Å²) in [6, 6.07) is 3.85. The fourth-order valence-corrected chi connectivity index (χ4v) is 1.91. The Hall–Kier alpha value is -2.15. The summed E-state index contributed by atoms with van der Waals surface area (Å²) in [5.74, 6) is -2.90. The molecule has 0 saturated heterocycles. The van der Waals surface area contributed by atoms with Crippen LogP contribution >= 0.6 is 11.6 Å². The first kappa shape index (κ1) is 13.3. The van der Waals surface area contributed by atoms with Crippen LogP contribution in [-0.4, -0.2) is 21.9 Å². The highest BCUT2D eigenvalue weighted by Crippen LogP contribution is 2.40. The van der Waals surface area contributed by atoms with Gasteiger partial charge in [-0.25, -0.2) is 0 Å². The van der Waals surface area contributed by atoms with Gasteiger partial charge in [0.15, 0.2) is 0 Å². The van der Waals surface area contributed by atoms with Crippen LogP contribution in [0.1, 0.15) is 6.42 Å². The molecule has 0 aromatic heterocycles. The number of nitrogens with one attached hydrogen (secondary N) is 1. The van der Waals surface area contributed by atoms with Crippen molar-refractivity contribution in [3.05, 3.63) is 33.3 Å². The Morgan fingerprint density at radius 1 is 1.42 bits per heavy atom. The van der Waals surface area contributed by atoms with Gasteiger partial charge in [0.2, 0.25) is 5.91 Å². The van der Waals surface area contributed by atoms with E-state index in [9.17, 15) is 19.7 Å². The first-order chi connectivity index (χ1) is 8.90. The average Bonchev–Trinajstić information content (AvgIpc) is 3.11. The normalized spacial score (nSPS) is 20.7. The first-order valence-corrected chi connectivity index (χ1v) is 5.75. The minimum absolute atomic E-state index is 0.00967. The maximum Gasteiger partial charge on any atom is 0.307 e. The van der Waals surface area contributed by atoms with E-state index in [1.54, 1.807) is 0 Å². The van der Waals surface area contributed by atoms with E-state index < -0.39 is 28.6 Å². The molecule has 1 aromatic rings. The molecule has 19 heavy (non-hydrogen) atoms. The summed E-state index contributed by atoms with van der Waals surface area (Å²) >= 11 is 5.64. The summed E-state index contributed by atoms with van der Waals surface area (Å²) in [5.41, 5.74) is -0.316. The first-order valence-electron chi connectivity index (χ1n) is 5.37. The number of hydrogen-bond donors (Lipinski definition) is 2. The van der Waals surface area contributed by atoms with Crippen molar-refractivity contribution in [2.24, 2.45) is 11.8 Å². The molecule has 2 atom stereocenters. The van der Waals surface area contributed by atoms with Gasteiger partial charge in [0, 0.05) is 11.1 Å². The third kappa shape index (κ3) is 2.82. The Morgan fingerprint density at radius 3 is 2.63 bits per heavy atom. The zero-order valence-corrected chi connectivity index (χ0v) is 10.3. The van der Waals surface area contributed by atoms with E-state index in [0.29, 0.717) is 0 Å². The molecule has 8 heteroatoms. The summed E-state index contributed by atoms with van der Waals surface area (Å²) in [7, 11) is 0. The van der Waals surface area contributed by atoms with Crippen LogP contribution in [-0.2, 0) is 9.59 Å². The molecule has 1 fully saturated rings. The Bertz CT molecular complexity index is 574. The summed E-state index contributed by atoms with van der Waals surface area (Å²) in [6.45, 7) is 0. The highest BCUT2D eigenvalue weighted by atomic mass is 35.5. The number of carbonyl (C=O) groups excluding carboxylic acids is 1. The summed E-state index contributed by atoms with van der Waals surface area (Å²) < 4.78 is 0. The van der Waals surface area contributed by atoms with Crippen LogP contribution in [0.4, 0.5) is 11.4 Å². The SMILES string of the molecule is O=C(O)[C@H]1C[C@H]1C(=O)Nc1ccc(Cl)cc1[N+](=O)[O-]. The van der Waals surface area contributed by atoms with Gasteiger partial charge in [0.25, 0.3) is 5.69 Å². The number of halogens is 1. The average molecular weight is 285 g/mol. The number of nitro benzene ring substituents is 1. The number of carbonyl (C=O) groups is 2. The lowest BCUT2D eigenvalue weighted by atomic mass is 10.2. The van der Waals surface area contributed by atoms with E-state index in [4.69, 9.17) is 16.7 Å². The molecular weight excluding hydrogens is 276 g/mol. The van der Waals surface area contributed by atoms with Crippen molar-refractivity contribution in [2.75, 3.05) is 5.32 Å². The van der Waals surface area contributed by atoms with Crippen LogP contribution in [0, 0.1) is 22.0 Å². The molecule has 0 aliphatic heterocycles. The number of rotatable bonds is 4. The molecule has 100 valence electrons. The van der Waals surface area contributed by atoms with Crippen molar-refractivity contribution in [1.29, 1.82) is 0 Å². The van der Waals surface area contributed by atoms with Crippen LogP contribution in [0.25, 0.3) is 0 Å². The molecule has 0 radical (unpaired) electrons. The number of amides is 1. The van der Waals surface area contributed by atoms with Crippen molar-refractivity contribution in [3.8, 4) is 0 Å². The molecule has 0 spiro atoms. The zero-order chi connectivity index (χ0) is 14.2. The number of nitro groups is 1. The summed E-state index contributed by atoms with van der Waals surface area (Å²) in [6.07, 6.45) is 0.253. The molecule has 2 rings (SSSR count). The lowest BCUT2D eigenvalue weighted by Crippen LogP contribution is -2.17. The van der Waals surface area contributed by atoms with Gasteiger partial charge in [0.1, 0.15) is 5.69 Å². The lowest BCUT2D eigenvalue weighted by molar-refractivity contribution is -0.383. The van der Waals surface area contributed by atoms with Gasteiger partial charge in [-0.3, -0.25) is 19.7 Å². The number of aliphatic carboxylic acids is 1. The molecule has 0 heterocycles. The lowest BCUT2D eigenvalue weighted by Gasteiger charge is -2.05.